The lowest BCUT2D eigenvalue weighted by Gasteiger charge is -2.20. The van der Waals surface area contributed by atoms with Crippen molar-refractivity contribution in [1.82, 2.24) is 0 Å². The molecule has 1 fully saturated rings. The number of rotatable bonds is 34. The van der Waals surface area contributed by atoms with E-state index < -0.39 is 84.3 Å². The number of aliphatic hydroxyl groups is 3. The van der Waals surface area contributed by atoms with Gasteiger partial charge in [0.15, 0.2) is 6.10 Å². The second kappa shape index (κ2) is 30.3. The fourth-order valence-corrected chi connectivity index (χ4v) is 7.32. The van der Waals surface area contributed by atoms with Crippen molar-refractivity contribution < 1.29 is 76.6 Å². The molecule has 0 saturated heterocycles. The molecule has 7 atom stereocenters. The van der Waals surface area contributed by atoms with Gasteiger partial charge in [-0.25, -0.2) is 9.13 Å². The lowest BCUT2D eigenvalue weighted by atomic mass is 9.90. The Kier molecular flexibility index (Phi) is 28.2. The first-order valence-corrected chi connectivity index (χ1v) is 23.5. The van der Waals surface area contributed by atoms with Crippen LogP contribution in [-0.2, 0) is 46.6 Å². The zero-order valence-electron chi connectivity index (χ0n) is 34.1. The number of aliphatic hydroxyl groups excluding tert-OH is 3. The molecule has 6 N–H and O–H groups in total. The molecule has 1 aliphatic carbocycles. The van der Waals surface area contributed by atoms with Crippen molar-refractivity contribution in [2.24, 2.45) is 17.8 Å². The maximum atomic E-state index is 12.6. The van der Waals surface area contributed by atoms with Crippen LogP contribution in [0.1, 0.15) is 136 Å². The van der Waals surface area contributed by atoms with Crippen LogP contribution in [0, 0.1) is 17.8 Å². The minimum absolute atomic E-state index is 0.00185. The number of phosphoric ester groups is 2. The summed E-state index contributed by atoms with van der Waals surface area (Å²) in [5.74, 6) is -1.37. The molecule has 18 heteroatoms. The van der Waals surface area contributed by atoms with Gasteiger partial charge in [0.05, 0.1) is 32.0 Å². The van der Waals surface area contributed by atoms with E-state index in [1.807, 2.05) is 12.2 Å². The lowest BCUT2D eigenvalue weighted by molar-refractivity contribution is -0.161. The van der Waals surface area contributed by atoms with Gasteiger partial charge in [-0.2, -0.15) is 0 Å². The summed E-state index contributed by atoms with van der Waals surface area (Å²) >= 11 is 0. The number of ether oxygens (including phenoxy) is 2. The number of carbonyl (C=O) groups is 3. The Morgan fingerprint density at radius 3 is 2.07 bits per heavy atom. The van der Waals surface area contributed by atoms with Crippen LogP contribution in [0.15, 0.2) is 24.3 Å². The normalized spacial score (nSPS) is 20.3. The summed E-state index contributed by atoms with van der Waals surface area (Å²) < 4.78 is 47.6. The molecular formula is C39H70O16P2. The van der Waals surface area contributed by atoms with E-state index in [1.165, 1.54) is 19.3 Å². The summed E-state index contributed by atoms with van der Waals surface area (Å²) in [7, 11) is -9.76. The highest BCUT2D eigenvalue weighted by Gasteiger charge is 2.39. The number of unbranched alkanes of at least 4 members (excludes halogenated alkanes) is 9. The number of hydrogen-bond acceptors (Lipinski definition) is 13. The van der Waals surface area contributed by atoms with Crippen LogP contribution in [0.3, 0.4) is 0 Å². The molecular weight excluding hydrogens is 786 g/mol. The second-order valence-electron chi connectivity index (χ2n) is 15.2. The Morgan fingerprint density at radius 1 is 0.789 bits per heavy atom. The summed E-state index contributed by atoms with van der Waals surface area (Å²) in [6, 6.07) is 0. The van der Waals surface area contributed by atoms with E-state index in [0.29, 0.717) is 38.0 Å². The number of allylic oxidation sites excluding steroid dienone is 2. The average Bonchev–Trinajstić information content (AvgIpc) is 3.41. The first-order valence-electron chi connectivity index (χ1n) is 20.5. The summed E-state index contributed by atoms with van der Waals surface area (Å²) in [6.07, 6.45) is 15.9. The van der Waals surface area contributed by atoms with E-state index in [1.54, 1.807) is 12.2 Å². The Hall–Kier alpha value is -1.81. The molecule has 1 rings (SSSR count). The Labute approximate surface area is 338 Å². The van der Waals surface area contributed by atoms with E-state index in [0.717, 1.165) is 44.9 Å². The van der Waals surface area contributed by atoms with E-state index in [9.17, 15) is 43.7 Å². The van der Waals surface area contributed by atoms with Gasteiger partial charge >= 0.3 is 27.6 Å². The lowest BCUT2D eigenvalue weighted by Crippen LogP contribution is -2.30. The predicted octanol–water partition coefficient (Wildman–Crippen LogP) is 6.39. The first kappa shape index (κ1) is 53.2. The van der Waals surface area contributed by atoms with Gasteiger partial charge in [-0.15, -0.1) is 0 Å². The van der Waals surface area contributed by atoms with Gasteiger partial charge in [-0.1, -0.05) is 109 Å². The maximum Gasteiger partial charge on any atom is 0.472 e. The molecule has 0 bridgehead atoms. The number of hydrogen-bond donors (Lipinski definition) is 6. The third-order valence-electron chi connectivity index (χ3n) is 9.38. The van der Waals surface area contributed by atoms with Gasteiger partial charge in [0.2, 0.25) is 0 Å². The quantitative estimate of drug-likeness (QED) is 0.0177. The molecule has 332 valence electrons. The van der Waals surface area contributed by atoms with E-state index in [4.69, 9.17) is 23.8 Å². The fourth-order valence-electron chi connectivity index (χ4n) is 6.16. The summed E-state index contributed by atoms with van der Waals surface area (Å²) in [6.45, 7) is 3.54. The maximum absolute atomic E-state index is 12.6. The molecule has 0 aromatic rings. The standard InChI is InChI=1S/C39H70O16P2/c1-4-5-13-19-31(40)23-24-35-34(36(42)25-37(35)43)20-15-11-12-16-21-38(44)51-28-33(29-54-57(49,50)53-27-32(41)26-52-56(46,47)48)55-39(45)22-17-10-8-6-7-9-14-18-30(2)3/h11,15,23-24,30-35,37,40-41,43H,4-10,12-14,16-22,25-29H2,1-3H3,(H,49,50)(H2,46,47,48)/b15-11-,24-23+/t31-,32-,33+,34+,35+,37+/m0/s1. The van der Waals surface area contributed by atoms with Gasteiger partial charge in [0, 0.05) is 31.1 Å². The van der Waals surface area contributed by atoms with Gasteiger partial charge < -0.3 is 39.5 Å². The van der Waals surface area contributed by atoms with Crippen LogP contribution in [0.4, 0.5) is 0 Å². The van der Waals surface area contributed by atoms with E-state index in [2.05, 4.69) is 29.8 Å². The monoisotopic (exact) mass is 856 g/mol. The highest BCUT2D eigenvalue weighted by Crippen LogP contribution is 2.44. The molecule has 0 spiro atoms. The average molecular weight is 857 g/mol. The van der Waals surface area contributed by atoms with Crippen molar-refractivity contribution >= 4 is 33.4 Å². The molecule has 0 heterocycles. The number of carbonyl (C=O) groups excluding carboxylic acids is 3. The van der Waals surface area contributed by atoms with Gasteiger partial charge in [-0.3, -0.25) is 28.0 Å². The van der Waals surface area contributed by atoms with Crippen LogP contribution in [0.25, 0.3) is 0 Å². The Bertz CT molecular complexity index is 1280. The van der Waals surface area contributed by atoms with Crippen molar-refractivity contribution in [2.75, 3.05) is 26.4 Å². The highest BCUT2D eigenvalue weighted by molar-refractivity contribution is 7.47. The predicted molar refractivity (Wildman–Crippen MR) is 212 cm³/mol. The number of phosphoric acid groups is 2. The highest BCUT2D eigenvalue weighted by atomic mass is 31.2. The van der Waals surface area contributed by atoms with E-state index >= 15 is 0 Å². The fraction of sp³-hybridized carbons (Fsp3) is 0.821. The Morgan fingerprint density at radius 2 is 1.40 bits per heavy atom. The van der Waals surface area contributed by atoms with Crippen molar-refractivity contribution in [3.8, 4) is 0 Å². The van der Waals surface area contributed by atoms with Crippen LogP contribution in [-0.4, -0.2) is 98.6 Å². The topological polar surface area (TPSA) is 253 Å². The molecule has 1 unspecified atom stereocenters. The van der Waals surface area contributed by atoms with Crippen LogP contribution >= 0.6 is 15.6 Å². The van der Waals surface area contributed by atoms with Crippen molar-refractivity contribution in [3.05, 3.63) is 24.3 Å². The molecule has 0 radical (unpaired) electrons. The molecule has 0 aromatic carbocycles. The van der Waals surface area contributed by atoms with Gasteiger partial charge in [0.1, 0.15) is 18.5 Å². The zero-order valence-corrected chi connectivity index (χ0v) is 35.9. The molecule has 16 nitrogen and oxygen atoms in total. The third kappa shape index (κ3) is 28.3. The van der Waals surface area contributed by atoms with Gasteiger partial charge in [-0.05, 0) is 38.0 Å². The van der Waals surface area contributed by atoms with Crippen LogP contribution in [0.5, 0.6) is 0 Å². The van der Waals surface area contributed by atoms with Crippen molar-refractivity contribution in [3.63, 3.8) is 0 Å². The molecule has 57 heavy (non-hydrogen) atoms. The SMILES string of the molecule is CCCCC[C@H](O)/C=C/[C@H]1[C@H](O)CC(=O)[C@@H]1C/C=C\CCCC(=O)OC[C@H](COP(=O)(O)OC[C@@H](O)COP(=O)(O)O)OC(=O)CCCCCCCCCC(C)C. The molecule has 0 amide bonds. The number of ketones is 1. The van der Waals surface area contributed by atoms with Gasteiger partial charge in [0.25, 0.3) is 0 Å². The Balaban J connectivity index is 2.60. The third-order valence-corrected chi connectivity index (χ3v) is 10.8. The van der Waals surface area contributed by atoms with E-state index in [-0.39, 0.29) is 31.0 Å². The molecule has 0 aliphatic heterocycles. The van der Waals surface area contributed by atoms with Crippen molar-refractivity contribution in [1.29, 1.82) is 0 Å². The second-order valence-corrected chi connectivity index (χ2v) is 17.9. The first-order chi connectivity index (χ1) is 26.9. The van der Waals surface area contributed by atoms with Crippen LogP contribution in [0.2, 0.25) is 0 Å². The summed E-state index contributed by atoms with van der Waals surface area (Å²) in [4.78, 5) is 65.2. The van der Waals surface area contributed by atoms with Crippen LogP contribution < -0.4 is 0 Å². The molecule has 1 aliphatic rings. The summed E-state index contributed by atoms with van der Waals surface area (Å²) in [5, 5.41) is 30.4. The number of esters is 2. The minimum atomic E-state index is -4.89. The zero-order chi connectivity index (χ0) is 42.7. The largest absolute Gasteiger partial charge is 0.472 e. The molecule has 0 aromatic heterocycles. The summed E-state index contributed by atoms with van der Waals surface area (Å²) in [5.41, 5.74) is 0. The minimum Gasteiger partial charge on any atom is -0.462 e. The smallest absolute Gasteiger partial charge is 0.462 e. The number of Topliss-reactive ketones (excluding diaryl/α,β-unsaturated/α-hetero) is 1. The molecule has 1 saturated carbocycles. The van der Waals surface area contributed by atoms with Crippen molar-refractivity contribution in [2.45, 2.75) is 161 Å².